The molecule has 1 fully saturated rings. The zero-order chi connectivity index (χ0) is 19.6. The molecular formula is C23H29N5O. The van der Waals surface area contributed by atoms with Crippen molar-refractivity contribution in [2.24, 2.45) is 5.92 Å². The molecule has 152 valence electrons. The fourth-order valence-corrected chi connectivity index (χ4v) is 4.87. The Morgan fingerprint density at radius 2 is 2.03 bits per heavy atom. The number of aliphatic hydroxyl groups is 1. The van der Waals surface area contributed by atoms with E-state index in [2.05, 4.69) is 37.7 Å². The van der Waals surface area contributed by atoms with Gasteiger partial charge in [-0.1, -0.05) is 30.3 Å². The Bertz CT molecular complexity index is 924. The number of aromatic nitrogens is 4. The first-order valence-corrected chi connectivity index (χ1v) is 10.8. The standard InChI is InChI=1S/C23H29N5O/c29-22-13-17(16-27-11-9-24-23(27)18-6-2-1-3-7-18)12-21(22)25-15-19-14-20-8-4-5-10-28(20)26-19/h1-3,6-7,9,11,14,17,21-22,25,29H,4-5,8,10,12-13,15-16H2/t17?,21-,22-/m1/s1. The molecule has 3 atom stereocenters. The zero-order valence-electron chi connectivity index (χ0n) is 16.7. The highest BCUT2D eigenvalue weighted by Gasteiger charge is 2.33. The van der Waals surface area contributed by atoms with Crippen molar-refractivity contribution < 1.29 is 5.11 Å². The van der Waals surface area contributed by atoms with Crippen LogP contribution < -0.4 is 5.32 Å². The van der Waals surface area contributed by atoms with Crippen LogP contribution in [0.4, 0.5) is 0 Å². The van der Waals surface area contributed by atoms with Crippen LogP contribution in [0, 0.1) is 5.92 Å². The summed E-state index contributed by atoms with van der Waals surface area (Å²) in [6.07, 6.45) is 9.03. The van der Waals surface area contributed by atoms with Crippen LogP contribution in [0.2, 0.25) is 0 Å². The van der Waals surface area contributed by atoms with Gasteiger partial charge in [0.25, 0.3) is 0 Å². The lowest BCUT2D eigenvalue weighted by molar-refractivity contribution is 0.145. The van der Waals surface area contributed by atoms with Gasteiger partial charge in [-0.2, -0.15) is 5.10 Å². The first-order valence-electron chi connectivity index (χ1n) is 10.8. The van der Waals surface area contributed by atoms with Gasteiger partial charge in [-0.3, -0.25) is 4.68 Å². The van der Waals surface area contributed by atoms with E-state index in [1.807, 2.05) is 30.6 Å². The molecule has 6 heteroatoms. The molecule has 6 nitrogen and oxygen atoms in total. The molecule has 5 rings (SSSR count). The first kappa shape index (κ1) is 18.6. The fourth-order valence-electron chi connectivity index (χ4n) is 4.87. The molecule has 1 aliphatic carbocycles. The van der Waals surface area contributed by atoms with Crippen molar-refractivity contribution in [1.82, 2.24) is 24.6 Å². The largest absolute Gasteiger partial charge is 0.391 e. The smallest absolute Gasteiger partial charge is 0.139 e. The summed E-state index contributed by atoms with van der Waals surface area (Å²) in [5, 5.41) is 18.9. The van der Waals surface area contributed by atoms with Crippen molar-refractivity contribution in [2.45, 2.75) is 63.9 Å². The van der Waals surface area contributed by atoms with Gasteiger partial charge in [0.2, 0.25) is 0 Å². The van der Waals surface area contributed by atoms with Crippen LogP contribution in [0.25, 0.3) is 11.4 Å². The van der Waals surface area contributed by atoms with Crippen LogP contribution in [-0.4, -0.2) is 36.6 Å². The summed E-state index contributed by atoms with van der Waals surface area (Å²) in [5.41, 5.74) is 3.58. The normalized spacial score (nSPS) is 24.0. The quantitative estimate of drug-likeness (QED) is 0.678. The molecular weight excluding hydrogens is 362 g/mol. The van der Waals surface area contributed by atoms with E-state index in [0.717, 1.165) is 56.0 Å². The molecule has 3 aromatic rings. The van der Waals surface area contributed by atoms with Gasteiger partial charge in [0.1, 0.15) is 5.82 Å². The number of nitrogens with one attached hydrogen (secondary N) is 1. The summed E-state index contributed by atoms with van der Waals surface area (Å²) in [6.45, 7) is 2.66. The Hall–Kier alpha value is -2.44. The maximum absolute atomic E-state index is 10.6. The topological polar surface area (TPSA) is 67.9 Å². The number of hydrogen-bond acceptors (Lipinski definition) is 4. The van der Waals surface area contributed by atoms with E-state index in [4.69, 9.17) is 5.10 Å². The van der Waals surface area contributed by atoms with Gasteiger partial charge < -0.3 is 15.0 Å². The van der Waals surface area contributed by atoms with Crippen molar-refractivity contribution in [3.63, 3.8) is 0 Å². The van der Waals surface area contributed by atoms with E-state index >= 15 is 0 Å². The Labute approximate surface area is 171 Å². The molecule has 29 heavy (non-hydrogen) atoms. The minimum Gasteiger partial charge on any atom is -0.391 e. The predicted molar refractivity (Wildman–Crippen MR) is 112 cm³/mol. The third kappa shape index (κ3) is 4.00. The molecule has 1 aliphatic heterocycles. The van der Waals surface area contributed by atoms with Crippen LogP contribution in [0.1, 0.15) is 37.1 Å². The Morgan fingerprint density at radius 1 is 1.14 bits per heavy atom. The SMILES string of the molecule is O[C@@H]1CC(Cn2ccnc2-c2ccccc2)C[C@H]1NCc1cc2n(n1)CCCC2. The average molecular weight is 392 g/mol. The van der Waals surface area contributed by atoms with Gasteiger partial charge in [0.05, 0.1) is 11.8 Å². The summed E-state index contributed by atoms with van der Waals surface area (Å²) in [5.74, 6) is 1.44. The molecule has 0 saturated heterocycles. The number of nitrogens with zero attached hydrogens (tertiary/aromatic N) is 4. The first-order chi connectivity index (χ1) is 14.3. The lowest BCUT2D eigenvalue weighted by Crippen LogP contribution is -2.35. The minimum absolute atomic E-state index is 0.127. The second kappa shape index (κ2) is 8.13. The molecule has 2 N–H and O–H groups in total. The second-order valence-electron chi connectivity index (χ2n) is 8.47. The number of imidazole rings is 1. The fraction of sp³-hybridized carbons (Fsp3) is 0.478. The number of fused-ring (bicyclic) bond motifs is 1. The second-order valence-corrected chi connectivity index (χ2v) is 8.47. The van der Waals surface area contributed by atoms with E-state index < -0.39 is 0 Å². The highest BCUT2D eigenvalue weighted by Crippen LogP contribution is 2.29. The lowest BCUT2D eigenvalue weighted by Gasteiger charge is -2.16. The molecule has 2 aromatic heterocycles. The van der Waals surface area contributed by atoms with Crippen molar-refractivity contribution in [2.75, 3.05) is 0 Å². The van der Waals surface area contributed by atoms with E-state index in [0.29, 0.717) is 5.92 Å². The van der Waals surface area contributed by atoms with Gasteiger partial charge in [-0.05, 0) is 44.1 Å². The number of aryl methyl sites for hydroxylation is 2. The minimum atomic E-state index is -0.305. The Balaban J connectivity index is 1.19. The number of aliphatic hydroxyl groups excluding tert-OH is 1. The summed E-state index contributed by atoms with van der Waals surface area (Å²) >= 11 is 0. The lowest BCUT2D eigenvalue weighted by atomic mass is 10.1. The number of rotatable bonds is 6. The zero-order valence-corrected chi connectivity index (χ0v) is 16.7. The van der Waals surface area contributed by atoms with Gasteiger partial charge in [-0.15, -0.1) is 0 Å². The van der Waals surface area contributed by atoms with Gasteiger partial charge >= 0.3 is 0 Å². The molecule has 0 radical (unpaired) electrons. The Kier molecular flexibility index (Phi) is 5.21. The Morgan fingerprint density at radius 3 is 2.90 bits per heavy atom. The third-order valence-corrected chi connectivity index (χ3v) is 6.34. The highest BCUT2D eigenvalue weighted by atomic mass is 16.3. The third-order valence-electron chi connectivity index (χ3n) is 6.34. The van der Waals surface area contributed by atoms with Crippen LogP contribution in [-0.2, 0) is 26.1 Å². The van der Waals surface area contributed by atoms with Crippen molar-refractivity contribution in [3.8, 4) is 11.4 Å². The van der Waals surface area contributed by atoms with Crippen molar-refractivity contribution in [1.29, 1.82) is 0 Å². The summed E-state index contributed by atoms with van der Waals surface area (Å²) in [6, 6.07) is 12.7. The average Bonchev–Trinajstić information content (AvgIpc) is 3.45. The molecule has 1 unspecified atom stereocenters. The number of benzene rings is 1. The van der Waals surface area contributed by atoms with E-state index in [1.54, 1.807) is 0 Å². The van der Waals surface area contributed by atoms with Crippen LogP contribution in [0.5, 0.6) is 0 Å². The van der Waals surface area contributed by atoms with Crippen molar-refractivity contribution >= 4 is 0 Å². The summed E-state index contributed by atoms with van der Waals surface area (Å²) in [4.78, 5) is 4.55. The van der Waals surface area contributed by atoms with E-state index in [9.17, 15) is 5.11 Å². The molecule has 2 aliphatic rings. The molecule has 0 bridgehead atoms. The van der Waals surface area contributed by atoms with E-state index in [1.165, 1.54) is 18.5 Å². The molecule has 0 spiro atoms. The molecule has 1 saturated carbocycles. The van der Waals surface area contributed by atoms with Gasteiger partial charge in [0, 0.05) is 49.3 Å². The predicted octanol–water partition coefficient (Wildman–Crippen LogP) is 3.01. The maximum atomic E-state index is 10.6. The van der Waals surface area contributed by atoms with Gasteiger partial charge in [0.15, 0.2) is 0 Å². The number of hydrogen-bond donors (Lipinski definition) is 2. The monoisotopic (exact) mass is 391 g/mol. The molecule has 3 heterocycles. The summed E-state index contributed by atoms with van der Waals surface area (Å²) < 4.78 is 4.37. The molecule has 0 amide bonds. The highest BCUT2D eigenvalue weighted by molar-refractivity contribution is 5.55. The van der Waals surface area contributed by atoms with Crippen LogP contribution >= 0.6 is 0 Å². The molecule has 1 aromatic carbocycles. The maximum Gasteiger partial charge on any atom is 0.139 e. The van der Waals surface area contributed by atoms with E-state index in [-0.39, 0.29) is 12.1 Å². The summed E-state index contributed by atoms with van der Waals surface area (Å²) in [7, 11) is 0. The van der Waals surface area contributed by atoms with Gasteiger partial charge in [-0.25, -0.2) is 4.98 Å². The van der Waals surface area contributed by atoms with Crippen LogP contribution in [0.3, 0.4) is 0 Å². The van der Waals surface area contributed by atoms with Crippen molar-refractivity contribution in [3.05, 3.63) is 60.2 Å². The van der Waals surface area contributed by atoms with Crippen LogP contribution in [0.15, 0.2) is 48.8 Å².